The Morgan fingerprint density at radius 2 is 2.21 bits per heavy atom. The fraction of sp³-hybridized carbons (Fsp3) is 0.714. The van der Waals surface area contributed by atoms with Crippen LogP contribution in [0.3, 0.4) is 0 Å². The molecule has 1 saturated carbocycles. The van der Waals surface area contributed by atoms with E-state index in [2.05, 4.69) is 15.7 Å². The zero-order valence-electron chi connectivity index (χ0n) is 11.7. The number of aryl methyl sites for hydroxylation is 2. The number of carbonyl (C=O) groups is 1. The maximum absolute atomic E-state index is 11.7. The number of nitrogens with zero attached hydrogens (tertiary/aromatic N) is 2. The predicted molar refractivity (Wildman–Crippen MR) is 75.0 cm³/mol. The molecule has 19 heavy (non-hydrogen) atoms. The highest BCUT2D eigenvalue weighted by atomic mass is 16.2. The van der Waals surface area contributed by atoms with Gasteiger partial charge in [-0.1, -0.05) is 19.3 Å². The molecule has 1 aromatic heterocycles. The molecule has 0 spiro atoms. The molecule has 1 aliphatic rings. The molecule has 0 saturated heterocycles. The molecule has 2 N–H and O–H groups in total. The van der Waals surface area contributed by atoms with Crippen LogP contribution in [0.2, 0.25) is 0 Å². The Morgan fingerprint density at radius 3 is 2.89 bits per heavy atom. The van der Waals surface area contributed by atoms with E-state index < -0.39 is 0 Å². The Hall–Kier alpha value is -1.52. The first-order chi connectivity index (χ1) is 9.25. The Labute approximate surface area is 114 Å². The second kappa shape index (κ2) is 7.16. The van der Waals surface area contributed by atoms with Crippen LogP contribution in [0.15, 0.2) is 12.3 Å². The summed E-state index contributed by atoms with van der Waals surface area (Å²) in [5.74, 6) is 0. The van der Waals surface area contributed by atoms with Crippen LogP contribution in [0.25, 0.3) is 0 Å². The molecule has 2 rings (SSSR count). The summed E-state index contributed by atoms with van der Waals surface area (Å²) in [6.45, 7) is 3.58. The SMILES string of the molecule is Cc1ccnn1CCCNC(=O)NC1CCCCC1. The van der Waals surface area contributed by atoms with E-state index in [1.54, 1.807) is 6.20 Å². The molecule has 1 fully saturated rings. The molecule has 0 aliphatic heterocycles. The van der Waals surface area contributed by atoms with Crippen molar-refractivity contribution >= 4 is 6.03 Å². The van der Waals surface area contributed by atoms with E-state index in [0.717, 1.165) is 31.5 Å². The molecule has 2 amide bonds. The minimum absolute atomic E-state index is 0.0240. The predicted octanol–water partition coefficient (Wildman–Crippen LogP) is 2.21. The molecule has 5 heteroatoms. The van der Waals surface area contributed by atoms with E-state index in [9.17, 15) is 4.79 Å². The minimum atomic E-state index is -0.0240. The van der Waals surface area contributed by atoms with Crippen LogP contribution < -0.4 is 10.6 Å². The first-order valence-electron chi connectivity index (χ1n) is 7.28. The number of nitrogens with one attached hydrogen (secondary N) is 2. The van der Waals surface area contributed by atoms with Gasteiger partial charge in [-0.3, -0.25) is 4.68 Å². The third-order valence-corrected chi connectivity index (χ3v) is 3.70. The fourth-order valence-corrected chi connectivity index (χ4v) is 2.55. The largest absolute Gasteiger partial charge is 0.338 e. The van der Waals surface area contributed by atoms with E-state index in [4.69, 9.17) is 0 Å². The number of aromatic nitrogens is 2. The second-order valence-electron chi connectivity index (χ2n) is 5.28. The Kier molecular flexibility index (Phi) is 5.24. The summed E-state index contributed by atoms with van der Waals surface area (Å²) in [5, 5.41) is 10.2. The Bertz CT molecular complexity index is 396. The van der Waals surface area contributed by atoms with Crippen molar-refractivity contribution in [3.05, 3.63) is 18.0 Å². The van der Waals surface area contributed by atoms with Crippen LogP contribution in [-0.2, 0) is 6.54 Å². The normalized spacial score (nSPS) is 16.3. The lowest BCUT2D eigenvalue weighted by atomic mass is 9.96. The molecule has 106 valence electrons. The first kappa shape index (κ1) is 13.9. The molecule has 0 atom stereocenters. The highest BCUT2D eigenvalue weighted by Gasteiger charge is 2.14. The highest BCUT2D eigenvalue weighted by molar-refractivity contribution is 5.74. The van der Waals surface area contributed by atoms with Gasteiger partial charge in [-0.2, -0.15) is 5.10 Å². The van der Waals surface area contributed by atoms with Crippen molar-refractivity contribution in [1.82, 2.24) is 20.4 Å². The Balaban J connectivity index is 1.57. The number of carbonyl (C=O) groups excluding carboxylic acids is 1. The van der Waals surface area contributed by atoms with Crippen molar-refractivity contribution in [3.63, 3.8) is 0 Å². The van der Waals surface area contributed by atoms with Gasteiger partial charge in [0.05, 0.1) is 0 Å². The van der Waals surface area contributed by atoms with Crippen molar-refractivity contribution in [2.24, 2.45) is 0 Å². The van der Waals surface area contributed by atoms with E-state index in [1.165, 1.54) is 19.3 Å². The van der Waals surface area contributed by atoms with E-state index >= 15 is 0 Å². The van der Waals surface area contributed by atoms with Crippen molar-refractivity contribution in [2.45, 2.75) is 58.0 Å². The number of hydrogen-bond donors (Lipinski definition) is 2. The summed E-state index contributed by atoms with van der Waals surface area (Å²) < 4.78 is 1.96. The highest BCUT2D eigenvalue weighted by Crippen LogP contribution is 2.17. The average Bonchev–Trinajstić information content (AvgIpc) is 2.81. The zero-order valence-corrected chi connectivity index (χ0v) is 11.7. The summed E-state index contributed by atoms with van der Waals surface area (Å²) in [5.41, 5.74) is 1.16. The molecular formula is C14H24N4O. The summed E-state index contributed by atoms with van der Waals surface area (Å²) >= 11 is 0. The van der Waals surface area contributed by atoms with Crippen LogP contribution in [0.4, 0.5) is 4.79 Å². The Morgan fingerprint density at radius 1 is 1.42 bits per heavy atom. The molecule has 1 aliphatic carbocycles. The van der Waals surface area contributed by atoms with Gasteiger partial charge >= 0.3 is 6.03 Å². The molecule has 0 aromatic carbocycles. The van der Waals surface area contributed by atoms with Crippen molar-refractivity contribution in [1.29, 1.82) is 0 Å². The summed E-state index contributed by atoms with van der Waals surface area (Å²) in [4.78, 5) is 11.7. The quantitative estimate of drug-likeness (QED) is 0.801. The van der Waals surface area contributed by atoms with Gasteiger partial charge in [-0.15, -0.1) is 0 Å². The topological polar surface area (TPSA) is 59.0 Å². The van der Waals surface area contributed by atoms with Crippen LogP contribution in [-0.4, -0.2) is 28.4 Å². The summed E-state index contributed by atoms with van der Waals surface area (Å²) in [7, 11) is 0. The maximum Gasteiger partial charge on any atom is 0.315 e. The molecule has 0 bridgehead atoms. The second-order valence-corrected chi connectivity index (χ2v) is 5.28. The van der Waals surface area contributed by atoms with Crippen LogP contribution in [0.5, 0.6) is 0 Å². The van der Waals surface area contributed by atoms with E-state index in [1.807, 2.05) is 17.7 Å². The lowest BCUT2D eigenvalue weighted by molar-refractivity contribution is 0.232. The van der Waals surface area contributed by atoms with Gasteiger partial charge < -0.3 is 10.6 Å². The van der Waals surface area contributed by atoms with Crippen LogP contribution in [0.1, 0.15) is 44.2 Å². The van der Waals surface area contributed by atoms with Crippen LogP contribution in [0, 0.1) is 6.92 Å². The number of rotatable bonds is 5. The summed E-state index contributed by atoms with van der Waals surface area (Å²) in [6.07, 6.45) is 8.75. The zero-order chi connectivity index (χ0) is 13.5. The number of urea groups is 1. The fourth-order valence-electron chi connectivity index (χ4n) is 2.55. The summed E-state index contributed by atoms with van der Waals surface area (Å²) in [6, 6.07) is 2.34. The number of hydrogen-bond acceptors (Lipinski definition) is 2. The number of amides is 2. The van der Waals surface area contributed by atoms with Gasteiger partial charge in [0.1, 0.15) is 0 Å². The van der Waals surface area contributed by atoms with Crippen molar-refractivity contribution in [2.75, 3.05) is 6.54 Å². The van der Waals surface area contributed by atoms with E-state index in [-0.39, 0.29) is 6.03 Å². The smallest absolute Gasteiger partial charge is 0.315 e. The van der Waals surface area contributed by atoms with Crippen molar-refractivity contribution < 1.29 is 4.79 Å². The average molecular weight is 264 g/mol. The standard InChI is InChI=1S/C14H24N4O/c1-12-8-10-16-18(12)11-5-9-15-14(19)17-13-6-3-2-4-7-13/h8,10,13H,2-7,9,11H2,1H3,(H2,15,17,19). The third-order valence-electron chi connectivity index (χ3n) is 3.70. The lowest BCUT2D eigenvalue weighted by Crippen LogP contribution is -2.43. The monoisotopic (exact) mass is 264 g/mol. The van der Waals surface area contributed by atoms with Gasteiger partial charge in [-0.25, -0.2) is 4.79 Å². The molecule has 0 radical (unpaired) electrons. The van der Waals surface area contributed by atoms with Gasteiger partial charge in [0, 0.05) is 31.0 Å². The van der Waals surface area contributed by atoms with Gasteiger partial charge in [0.2, 0.25) is 0 Å². The van der Waals surface area contributed by atoms with Gasteiger partial charge in [0.15, 0.2) is 0 Å². The molecular weight excluding hydrogens is 240 g/mol. The third kappa shape index (κ3) is 4.58. The van der Waals surface area contributed by atoms with Gasteiger partial charge in [-0.05, 0) is 32.3 Å². The molecule has 0 unspecified atom stereocenters. The van der Waals surface area contributed by atoms with E-state index in [0.29, 0.717) is 12.6 Å². The van der Waals surface area contributed by atoms with Crippen molar-refractivity contribution in [3.8, 4) is 0 Å². The first-order valence-corrected chi connectivity index (χ1v) is 7.28. The van der Waals surface area contributed by atoms with Crippen LogP contribution >= 0.6 is 0 Å². The lowest BCUT2D eigenvalue weighted by Gasteiger charge is -2.22. The molecule has 1 aromatic rings. The molecule has 1 heterocycles. The maximum atomic E-state index is 11.7. The van der Waals surface area contributed by atoms with Gasteiger partial charge in [0.25, 0.3) is 0 Å². The molecule has 5 nitrogen and oxygen atoms in total. The minimum Gasteiger partial charge on any atom is -0.338 e.